The quantitative estimate of drug-likeness (QED) is 0.861. The van der Waals surface area contributed by atoms with Crippen LogP contribution in [-0.2, 0) is 9.59 Å². The number of fused-ring (bicyclic) bond motifs is 1. The summed E-state index contributed by atoms with van der Waals surface area (Å²) in [4.78, 5) is 27.6. The first kappa shape index (κ1) is 18.5. The molecule has 2 aliphatic carbocycles. The largest absolute Gasteiger partial charge is 0.353 e. The van der Waals surface area contributed by atoms with Crippen molar-refractivity contribution in [2.75, 3.05) is 13.1 Å². The third kappa shape index (κ3) is 3.90. The zero-order valence-corrected chi connectivity index (χ0v) is 16.4. The number of nitrogens with zero attached hydrogens (tertiary/aromatic N) is 1. The Bertz CT molecular complexity index is 654. The predicted molar refractivity (Wildman–Crippen MR) is 106 cm³/mol. The Morgan fingerprint density at radius 3 is 2.26 bits per heavy atom. The molecular weight excluding hydrogens is 336 g/mol. The van der Waals surface area contributed by atoms with Gasteiger partial charge in [0.05, 0.1) is 5.92 Å². The summed E-state index contributed by atoms with van der Waals surface area (Å²) < 4.78 is 0. The number of carbonyl (C=O) groups excluding carboxylic acids is 2. The number of piperidine rings is 1. The minimum atomic E-state index is -0.0491. The van der Waals surface area contributed by atoms with Gasteiger partial charge >= 0.3 is 0 Å². The van der Waals surface area contributed by atoms with Crippen molar-refractivity contribution in [1.29, 1.82) is 0 Å². The molecule has 2 saturated carbocycles. The number of hydrogen-bond acceptors (Lipinski definition) is 2. The van der Waals surface area contributed by atoms with Crippen LogP contribution in [0.25, 0.3) is 0 Å². The van der Waals surface area contributed by atoms with E-state index >= 15 is 0 Å². The third-order valence-corrected chi connectivity index (χ3v) is 7.02. The van der Waals surface area contributed by atoms with Crippen molar-refractivity contribution in [3.8, 4) is 0 Å². The van der Waals surface area contributed by atoms with Gasteiger partial charge in [0.25, 0.3) is 0 Å². The van der Waals surface area contributed by atoms with Crippen LogP contribution in [0.2, 0.25) is 0 Å². The second kappa shape index (κ2) is 8.04. The lowest BCUT2D eigenvalue weighted by atomic mass is 9.93. The smallest absolute Gasteiger partial charge is 0.230 e. The van der Waals surface area contributed by atoms with Crippen LogP contribution in [0.1, 0.15) is 63.4 Å². The number of rotatable bonds is 5. The number of amides is 2. The van der Waals surface area contributed by atoms with E-state index in [1.165, 1.54) is 25.7 Å². The van der Waals surface area contributed by atoms with Crippen molar-refractivity contribution in [3.05, 3.63) is 35.9 Å². The number of carbonyl (C=O) groups is 2. The van der Waals surface area contributed by atoms with Crippen LogP contribution < -0.4 is 5.32 Å². The van der Waals surface area contributed by atoms with Crippen molar-refractivity contribution in [1.82, 2.24) is 10.2 Å². The lowest BCUT2D eigenvalue weighted by Gasteiger charge is -2.34. The van der Waals surface area contributed by atoms with Crippen LogP contribution in [0.15, 0.2) is 30.3 Å². The highest BCUT2D eigenvalue weighted by molar-refractivity contribution is 5.84. The van der Waals surface area contributed by atoms with Crippen LogP contribution in [0.4, 0.5) is 0 Å². The SMILES string of the molecule is CCC(C(=O)N1CCC(NC(=O)C2C3CCCCC32)CC1)c1ccccc1. The highest BCUT2D eigenvalue weighted by Gasteiger charge is 2.54. The van der Waals surface area contributed by atoms with Crippen LogP contribution in [0.5, 0.6) is 0 Å². The first-order valence-electron chi connectivity index (χ1n) is 10.8. The lowest BCUT2D eigenvalue weighted by Crippen LogP contribution is -2.48. The molecule has 2 amide bonds. The average Bonchev–Trinajstić information content (AvgIpc) is 3.44. The summed E-state index contributed by atoms with van der Waals surface area (Å²) in [6.07, 6.45) is 7.66. The zero-order chi connectivity index (χ0) is 18.8. The summed E-state index contributed by atoms with van der Waals surface area (Å²) in [5.74, 6) is 2.09. The van der Waals surface area contributed by atoms with Gasteiger partial charge < -0.3 is 10.2 Å². The highest BCUT2D eigenvalue weighted by Crippen LogP contribution is 2.55. The number of hydrogen-bond donors (Lipinski definition) is 1. The molecular formula is C23H32N2O2. The van der Waals surface area contributed by atoms with E-state index < -0.39 is 0 Å². The van der Waals surface area contributed by atoms with Gasteiger partial charge in [-0.05, 0) is 49.5 Å². The number of nitrogens with one attached hydrogen (secondary N) is 1. The summed E-state index contributed by atoms with van der Waals surface area (Å²) >= 11 is 0. The maximum atomic E-state index is 13.0. The van der Waals surface area contributed by atoms with Gasteiger partial charge in [-0.3, -0.25) is 9.59 Å². The lowest BCUT2D eigenvalue weighted by molar-refractivity contribution is -0.134. The minimum absolute atomic E-state index is 0.0491. The molecule has 1 saturated heterocycles. The molecule has 0 radical (unpaired) electrons. The normalized spacial score (nSPS) is 28.9. The average molecular weight is 369 g/mol. The van der Waals surface area contributed by atoms with Crippen LogP contribution in [0, 0.1) is 17.8 Å². The molecule has 4 nitrogen and oxygen atoms in total. The standard InChI is InChI=1S/C23H32N2O2/c1-2-18(16-8-4-3-5-9-16)23(27)25-14-12-17(13-15-25)24-22(26)21-19-10-6-7-11-20(19)21/h3-5,8-9,17-21H,2,6-7,10-15H2,1H3,(H,24,26). The summed E-state index contributed by atoms with van der Waals surface area (Å²) in [7, 11) is 0. The van der Waals surface area contributed by atoms with Gasteiger partial charge in [0.15, 0.2) is 0 Å². The van der Waals surface area contributed by atoms with Crippen molar-refractivity contribution < 1.29 is 9.59 Å². The fraction of sp³-hybridized carbons (Fsp3) is 0.652. The monoisotopic (exact) mass is 368 g/mol. The maximum Gasteiger partial charge on any atom is 0.230 e. The van der Waals surface area contributed by atoms with Crippen molar-refractivity contribution in [3.63, 3.8) is 0 Å². The van der Waals surface area contributed by atoms with Gasteiger partial charge in [-0.15, -0.1) is 0 Å². The molecule has 4 heteroatoms. The minimum Gasteiger partial charge on any atom is -0.353 e. The van der Waals surface area contributed by atoms with E-state index in [1.54, 1.807) is 0 Å². The predicted octanol–water partition coefficient (Wildman–Crippen LogP) is 3.72. The fourth-order valence-electron chi connectivity index (χ4n) is 5.38. The van der Waals surface area contributed by atoms with E-state index in [9.17, 15) is 9.59 Å². The van der Waals surface area contributed by atoms with Crippen LogP contribution in [-0.4, -0.2) is 35.8 Å². The first-order chi connectivity index (χ1) is 13.2. The molecule has 146 valence electrons. The van der Waals surface area contributed by atoms with Gasteiger partial charge in [-0.1, -0.05) is 50.1 Å². The van der Waals surface area contributed by atoms with E-state index in [2.05, 4.69) is 12.2 Å². The molecule has 1 heterocycles. The van der Waals surface area contributed by atoms with Crippen molar-refractivity contribution >= 4 is 11.8 Å². The summed E-state index contributed by atoms with van der Waals surface area (Å²) in [5, 5.41) is 3.29. The second-order valence-electron chi connectivity index (χ2n) is 8.62. The summed E-state index contributed by atoms with van der Waals surface area (Å²) in [6, 6.07) is 10.3. The molecule has 1 aromatic rings. The van der Waals surface area contributed by atoms with Gasteiger partial charge in [-0.2, -0.15) is 0 Å². The molecule has 3 atom stereocenters. The Kier molecular flexibility index (Phi) is 5.51. The molecule has 27 heavy (non-hydrogen) atoms. The van der Waals surface area contributed by atoms with Crippen molar-refractivity contribution in [2.24, 2.45) is 17.8 Å². The zero-order valence-electron chi connectivity index (χ0n) is 16.4. The molecule has 3 unspecified atom stereocenters. The second-order valence-corrected chi connectivity index (χ2v) is 8.62. The number of benzene rings is 1. The Morgan fingerprint density at radius 1 is 1.04 bits per heavy atom. The van der Waals surface area contributed by atoms with E-state index in [4.69, 9.17) is 0 Å². The maximum absolute atomic E-state index is 13.0. The van der Waals surface area contributed by atoms with Crippen molar-refractivity contribution in [2.45, 2.75) is 63.8 Å². The van der Waals surface area contributed by atoms with E-state index in [0.29, 0.717) is 11.8 Å². The molecule has 0 bridgehead atoms. The Labute approximate surface area is 162 Å². The van der Waals surface area contributed by atoms with Gasteiger partial charge in [-0.25, -0.2) is 0 Å². The van der Waals surface area contributed by atoms with E-state index in [-0.39, 0.29) is 29.7 Å². The molecule has 4 rings (SSSR count). The van der Waals surface area contributed by atoms with Crippen LogP contribution in [0.3, 0.4) is 0 Å². The summed E-state index contributed by atoms with van der Waals surface area (Å²) in [5.41, 5.74) is 1.11. The number of likely N-dealkylation sites (tertiary alicyclic amines) is 1. The van der Waals surface area contributed by atoms with E-state index in [0.717, 1.165) is 37.9 Å². The van der Waals surface area contributed by atoms with Gasteiger partial charge in [0, 0.05) is 25.0 Å². The van der Waals surface area contributed by atoms with Gasteiger partial charge in [0.1, 0.15) is 0 Å². The summed E-state index contributed by atoms with van der Waals surface area (Å²) in [6.45, 7) is 3.59. The Balaban J connectivity index is 1.27. The Morgan fingerprint density at radius 2 is 1.67 bits per heavy atom. The topological polar surface area (TPSA) is 49.4 Å². The molecule has 1 N–H and O–H groups in total. The van der Waals surface area contributed by atoms with Crippen LogP contribution >= 0.6 is 0 Å². The van der Waals surface area contributed by atoms with Gasteiger partial charge in [0.2, 0.25) is 11.8 Å². The van der Waals surface area contributed by atoms with E-state index in [1.807, 2.05) is 35.2 Å². The molecule has 0 spiro atoms. The molecule has 1 aromatic carbocycles. The fourth-order valence-corrected chi connectivity index (χ4v) is 5.38. The third-order valence-electron chi connectivity index (χ3n) is 7.02. The first-order valence-corrected chi connectivity index (χ1v) is 10.8. The molecule has 1 aliphatic heterocycles. The Hall–Kier alpha value is -1.84. The molecule has 3 fully saturated rings. The highest BCUT2D eigenvalue weighted by atomic mass is 16.2. The molecule has 3 aliphatic rings. The molecule has 0 aromatic heterocycles.